The van der Waals surface area contributed by atoms with E-state index in [4.69, 9.17) is 10.2 Å². The van der Waals surface area contributed by atoms with Crippen LogP contribution in [-0.2, 0) is 6.54 Å². The van der Waals surface area contributed by atoms with Crippen molar-refractivity contribution in [3.63, 3.8) is 0 Å². The summed E-state index contributed by atoms with van der Waals surface area (Å²) in [4.78, 5) is 4.40. The summed E-state index contributed by atoms with van der Waals surface area (Å²) in [5, 5.41) is 0. The molecular weight excluding hydrogens is 176 g/mol. The standard InChI is InChI=1S/C11H18N2O/c12-7-11-13-10(8-14-11)9-5-3-1-2-4-6-9/h8-9H,1-7,12H2. The van der Waals surface area contributed by atoms with Crippen LogP contribution in [0.15, 0.2) is 10.7 Å². The number of hydrogen-bond donors (Lipinski definition) is 1. The van der Waals surface area contributed by atoms with Gasteiger partial charge in [-0.3, -0.25) is 0 Å². The summed E-state index contributed by atoms with van der Waals surface area (Å²) < 4.78 is 5.27. The summed E-state index contributed by atoms with van der Waals surface area (Å²) in [6, 6.07) is 0. The van der Waals surface area contributed by atoms with Gasteiger partial charge in [0.25, 0.3) is 0 Å². The molecule has 0 aromatic carbocycles. The molecule has 1 fully saturated rings. The molecule has 3 heteroatoms. The van der Waals surface area contributed by atoms with E-state index in [2.05, 4.69) is 4.98 Å². The van der Waals surface area contributed by atoms with Crippen LogP contribution in [0.3, 0.4) is 0 Å². The number of hydrogen-bond acceptors (Lipinski definition) is 3. The van der Waals surface area contributed by atoms with Crippen molar-refractivity contribution in [3.05, 3.63) is 17.8 Å². The van der Waals surface area contributed by atoms with Gasteiger partial charge in [-0.05, 0) is 12.8 Å². The Balaban J connectivity index is 2.04. The van der Waals surface area contributed by atoms with Crippen molar-refractivity contribution >= 4 is 0 Å². The summed E-state index contributed by atoms with van der Waals surface area (Å²) in [7, 11) is 0. The number of rotatable bonds is 2. The van der Waals surface area contributed by atoms with Gasteiger partial charge < -0.3 is 10.2 Å². The molecule has 1 aromatic heterocycles. The molecule has 0 spiro atoms. The molecule has 78 valence electrons. The highest BCUT2D eigenvalue weighted by Gasteiger charge is 2.17. The predicted octanol–water partition coefficient (Wildman–Crippen LogP) is 2.57. The molecule has 0 saturated heterocycles. The van der Waals surface area contributed by atoms with Gasteiger partial charge in [0.1, 0.15) is 6.26 Å². The lowest BCUT2D eigenvalue weighted by Crippen LogP contribution is -2.00. The van der Waals surface area contributed by atoms with Crippen molar-refractivity contribution in [1.82, 2.24) is 4.98 Å². The fourth-order valence-corrected chi connectivity index (χ4v) is 2.18. The SMILES string of the molecule is NCc1nc(C2CCCCCC2)co1. The summed E-state index contributed by atoms with van der Waals surface area (Å²) in [6.07, 6.45) is 9.71. The molecule has 0 bridgehead atoms. The van der Waals surface area contributed by atoms with Gasteiger partial charge in [-0.2, -0.15) is 0 Å². The van der Waals surface area contributed by atoms with Gasteiger partial charge in [-0.25, -0.2) is 4.98 Å². The van der Waals surface area contributed by atoms with Gasteiger partial charge in [0.05, 0.1) is 12.2 Å². The molecule has 14 heavy (non-hydrogen) atoms. The van der Waals surface area contributed by atoms with Crippen LogP contribution in [0.4, 0.5) is 0 Å². The Bertz CT molecular complexity index is 275. The van der Waals surface area contributed by atoms with Gasteiger partial charge in [0.15, 0.2) is 0 Å². The molecule has 1 saturated carbocycles. The maximum Gasteiger partial charge on any atom is 0.207 e. The molecule has 1 aliphatic rings. The average molecular weight is 194 g/mol. The maximum absolute atomic E-state index is 5.47. The Morgan fingerprint density at radius 3 is 2.57 bits per heavy atom. The second-order valence-corrected chi connectivity index (χ2v) is 4.06. The van der Waals surface area contributed by atoms with E-state index in [1.807, 2.05) is 0 Å². The van der Waals surface area contributed by atoms with E-state index < -0.39 is 0 Å². The number of oxazole rings is 1. The zero-order valence-corrected chi connectivity index (χ0v) is 8.54. The summed E-state index contributed by atoms with van der Waals surface area (Å²) in [6.45, 7) is 0.409. The van der Waals surface area contributed by atoms with Crippen molar-refractivity contribution in [3.8, 4) is 0 Å². The highest BCUT2D eigenvalue weighted by molar-refractivity contribution is 5.04. The van der Waals surface area contributed by atoms with Crippen LogP contribution in [0.25, 0.3) is 0 Å². The van der Waals surface area contributed by atoms with E-state index >= 15 is 0 Å². The Morgan fingerprint density at radius 1 is 1.29 bits per heavy atom. The molecule has 1 aromatic rings. The lowest BCUT2D eigenvalue weighted by Gasteiger charge is -2.08. The molecular formula is C11H18N2O. The van der Waals surface area contributed by atoms with Gasteiger partial charge in [-0.1, -0.05) is 25.7 Å². The molecule has 0 amide bonds. The number of nitrogens with zero attached hydrogens (tertiary/aromatic N) is 1. The topological polar surface area (TPSA) is 52.0 Å². The monoisotopic (exact) mass is 194 g/mol. The lowest BCUT2D eigenvalue weighted by molar-refractivity contribution is 0.495. The molecule has 0 radical (unpaired) electrons. The Hall–Kier alpha value is -0.830. The normalized spacial score (nSPS) is 19.5. The van der Waals surface area contributed by atoms with Gasteiger partial charge in [-0.15, -0.1) is 0 Å². The fourth-order valence-electron chi connectivity index (χ4n) is 2.18. The second kappa shape index (κ2) is 4.60. The third-order valence-electron chi connectivity index (χ3n) is 3.02. The molecule has 1 aliphatic carbocycles. The van der Waals surface area contributed by atoms with E-state index in [-0.39, 0.29) is 0 Å². The molecule has 0 atom stereocenters. The highest BCUT2D eigenvalue weighted by Crippen LogP contribution is 2.30. The van der Waals surface area contributed by atoms with Crippen LogP contribution in [0.2, 0.25) is 0 Å². The Labute approximate surface area is 84.7 Å². The first kappa shape index (κ1) is 9.71. The van der Waals surface area contributed by atoms with Crippen LogP contribution in [0.5, 0.6) is 0 Å². The van der Waals surface area contributed by atoms with Crippen LogP contribution in [0, 0.1) is 0 Å². The first-order chi connectivity index (χ1) is 6.90. The van der Waals surface area contributed by atoms with Gasteiger partial charge >= 0.3 is 0 Å². The van der Waals surface area contributed by atoms with Crippen LogP contribution < -0.4 is 5.73 Å². The van der Waals surface area contributed by atoms with Crippen molar-refractivity contribution in [2.45, 2.75) is 51.0 Å². The Kier molecular flexibility index (Phi) is 3.19. The third-order valence-corrected chi connectivity index (χ3v) is 3.02. The van der Waals surface area contributed by atoms with Gasteiger partial charge in [0, 0.05) is 5.92 Å². The summed E-state index contributed by atoms with van der Waals surface area (Å²) in [5.41, 5.74) is 6.59. The molecule has 2 N–H and O–H groups in total. The van der Waals surface area contributed by atoms with Crippen LogP contribution in [0.1, 0.15) is 56.0 Å². The van der Waals surface area contributed by atoms with Crippen LogP contribution in [-0.4, -0.2) is 4.98 Å². The van der Waals surface area contributed by atoms with E-state index in [9.17, 15) is 0 Å². The molecule has 1 heterocycles. The maximum atomic E-state index is 5.47. The molecule has 0 unspecified atom stereocenters. The van der Waals surface area contributed by atoms with E-state index in [0.717, 1.165) is 5.69 Å². The van der Waals surface area contributed by atoms with Crippen LogP contribution >= 0.6 is 0 Å². The first-order valence-electron chi connectivity index (χ1n) is 5.54. The quantitative estimate of drug-likeness (QED) is 0.736. The molecule has 3 nitrogen and oxygen atoms in total. The second-order valence-electron chi connectivity index (χ2n) is 4.06. The van der Waals surface area contributed by atoms with Crippen molar-refractivity contribution in [2.75, 3.05) is 0 Å². The highest BCUT2D eigenvalue weighted by atomic mass is 16.3. The minimum atomic E-state index is 0.409. The zero-order chi connectivity index (χ0) is 9.80. The van der Waals surface area contributed by atoms with Gasteiger partial charge in [0.2, 0.25) is 5.89 Å². The van der Waals surface area contributed by atoms with Crippen molar-refractivity contribution < 1.29 is 4.42 Å². The predicted molar refractivity (Wildman–Crippen MR) is 54.8 cm³/mol. The van der Waals surface area contributed by atoms with E-state index in [0.29, 0.717) is 18.4 Å². The smallest absolute Gasteiger partial charge is 0.207 e. The summed E-state index contributed by atoms with van der Waals surface area (Å²) in [5.74, 6) is 1.28. The zero-order valence-electron chi connectivity index (χ0n) is 8.54. The fraction of sp³-hybridized carbons (Fsp3) is 0.727. The minimum absolute atomic E-state index is 0.409. The first-order valence-corrected chi connectivity index (χ1v) is 5.54. The largest absolute Gasteiger partial charge is 0.447 e. The summed E-state index contributed by atoms with van der Waals surface area (Å²) >= 11 is 0. The van der Waals surface area contributed by atoms with E-state index in [1.165, 1.54) is 38.5 Å². The number of nitrogens with two attached hydrogens (primary N) is 1. The molecule has 0 aliphatic heterocycles. The minimum Gasteiger partial charge on any atom is -0.447 e. The average Bonchev–Trinajstić information content (AvgIpc) is 2.53. The number of aromatic nitrogens is 1. The van der Waals surface area contributed by atoms with E-state index in [1.54, 1.807) is 6.26 Å². The third kappa shape index (κ3) is 2.15. The van der Waals surface area contributed by atoms with Crippen molar-refractivity contribution in [2.24, 2.45) is 5.73 Å². The van der Waals surface area contributed by atoms with Crippen molar-refractivity contribution in [1.29, 1.82) is 0 Å². The molecule has 2 rings (SSSR count). The lowest BCUT2D eigenvalue weighted by atomic mass is 9.97. The Morgan fingerprint density at radius 2 is 2.00 bits per heavy atom.